The molecule has 26 heavy (non-hydrogen) atoms. The van der Waals surface area contributed by atoms with Gasteiger partial charge in [-0.2, -0.15) is 0 Å². The average molecular weight is 394 g/mol. The third-order valence-electron chi connectivity index (χ3n) is 4.43. The molecule has 0 spiro atoms. The van der Waals surface area contributed by atoms with Crippen molar-refractivity contribution in [1.82, 2.24) is 14.9 Å². The molecule has 0 radical (unpaired) electrons. The topological polar surface area (TPSA) is 78.5 Å². The average Bonchev–Trinajstić information content (AvgIpc) is 3.11. The zero-order valence-electron chi connectivity index (χ0n) is 14.9. The van der Waals surface area contributed by atoms with E-state index in [1.807, 2.05) is 13.0 Å². The molecule has 1 aliphatic heterocycles. The smallest absolute Gasteiger partial charge is 0.261 e. The summed E-state index contributed by atoms with van der Waals surface area (Å²) in [7, 11) is -2.12. The normalized spacial score (nSPS) is 16.1. The highest BCUT2D eigenvalue weighted by Crippen LogP contribution is 2.21. The first-order chi connectivity index (χ1) is 12.4. The minimum Gasteiger partial charge on any atom is -0.354 e. The molecular formula is C18H23N3O3S2. The van der Waals surface area contributed by atoms with Gasteiger partial charge in [-0.05, 0) is 30.5 Å². The molecule has 0 aliphatic carbocycles. The van der Waals surface area contributed by atoms with Crippen molar-refractivity contribution in [3.05, 3.63) is 51.7 Å². The molecule has 1 atom stereocenters. The summed E-state index contributed by atoms with van der Waals surface area (Å²) in [5.41, 5.74) is 2.68. The van der Waals surface area contributed by atoms with Crippen LogP contribution in [0.1, 0.15) is 27.7 Å². The quantitative estimate of drug-likeness (QED) is 0.785. The van der Waals surface area contributed by atoms with Gasteiger partial charge in [-0.15, -0.1) is 11.3 Å². The van der Waals surface area contributed by atoms with Crippen LogP contribution in [0.3, 0.4) is 0 Å². The number of thiophene rings is 1. The SMILES string of the molecule is CNC(=O)c1cc(S(=O)(=O)NC(C)CN2CCc3ccccc3C2)cs1. The number of rotatable bonds is 6. The molecule has 140 valence electrons. The molecule has 1 amide bonds. The van der Waals surface area contributed by atoms with E-state index in [1.54, 1.807) is 0 Å². The van der Waals surface area contributed by atoms with Crippen LogP contribution in [-0.2, 0) is 23.0 Å². The first kappa shape index (κ1) is 19.0. The standard InChI is InChI=1S/C18H23N3O3S2/c1-13(10-21-8-7-14-5-3-4-6-15(14)11-21)20-26(23,24)16-9-17(25-12-16)18(22)19-2/h3-6,9,12-13,20H,7-8,10-11H2,1-2H3,(H,19,22). The number of fused-ring (bicyclic) bond motifs is 1. The number of carbonyl (C=O) groups is 1. The molecule has 0 saturated carbocycles. The summed E-state index contributed by atoms with van der Waals surface area (Å²) in [6.45, 7) is 4.26. The summed E-state index contributed by atoms with van der Waals surface area (Å²) < 4.78 is 27.8. The summed E-state index contributed by atoms with van der Waals surface area (Å²) in [6, 6.07) is 9.55. The predicted molar refractivity (Wildman–Crippen MR) is 103 cm³/mol. The van der Waals surface area contributed by atoms with Crippen molar-refractivity contribution in [3.8, 4) is 0 Å². The second-order valence-corrected chi connectivity index (χ2v) is 9.13. The lowest BCUT2D eigenvalue weighted by molar-refractivity contribution is 0.0967. The van der Waals surface area contributed by atoms with Gasteiger partial charge in [0.1, 0.15) is 0 Å². The fourth-order valence-electron chi connectivity index (χ4n) is 3.17. The Morgan fingerprint density at radius 1 is 1.31 bits per heavy atom. The van der Waals surface area contributed by atoms with Gasteiger partial charge in [0.2, 0.25) is 10.0 Å². The van der Waals surface area contributed by atoms with Gasteiger partial charge in [-0.1, -0.05) is 24.3 Å². The lowest BCUT2D eigenvalue weighted by atomic mass is 10.00. The van der Waals surface area contributed by atoms with E-state index in [-0.39, 0.29) is 16.8 Å². The molecule has 1 aliphatic rings. The molecule has 0 bridgehead atoms. The van der Waals surface area contributed by atoms with E-state index >= 15 is 0 Å². The van der Waals surface area contributed by atoms with Crippen LogP contribution in [0.25, 0.3) is 0 Å². The Bertz CT molecular complexity index is 893. The van der Waals surface area contributed by atoms with Crippen LogP contribution in [0, 0.1) is 0 Å². The largest absolute Gasteiger partial charge is 0.354 e. The molecule has 2 aromatic rings. The molecule has 0 fully saturated rings. The van der Waals surface area contributed by atoms with Crippen molar-refractivity contribution in [1.29, 1.82) is 0 Å². The van der Waals surface area contributed by atoms with Gasteiger partial charge in [0, 0.05) is 38.1 Å². The summed E-state index contributed by atoms with van der Waals surface area (Å²) in [4.78, 5) is 14.4. The van der Waals surface area contributed by atoms with Crippen LogP contribution >= 0.6 is 11.3 Å². The zero-order chi connectivity index (χ0) is 18.7. The van der Waals surface area contributed by atoms with E-state index in [9.17, 15) is 13.2 Å². The minimum absolute atomic E-state index is 0.136. The predicted octanol–water partition coefficient (Wildman–Crippen LogP) is 1.83. The van der Waals surface area contributed by atoms with Crippen LogP contribution in [0.4, 0.5) is 0 Å². The second-order valence-electron chi connectivity index (χ2n) is 6.50. The Labute approximate surface area is 158 Å². The number of benzene rings is 1. The van der Waals surface area contributed by atoms with Crippen LogP contribution in [-0.4, -0.2) is 45.4 Å². The Kier molecular flexibility index (Phi) is 5.76. The highest BCUT2D eigenvalue weighted by Gasteiger charge is 2.23. The molecule has 2 heterocycles. The fraction of sp³-hybridized carbons (Fsp3) is 0.389. The van der Waals surface area contributed by atoms with Gasteiger partial charge in [0.25, 0.3) is 5.91 Å². The van der Waals surface area contributed by atoms with Crippen molar-refractivity contribution in [3.63, 3.8) is 0 Å². The molecule has 8 heteroatoms. The Hall–Kier alpha value is -1.74. The maximum absolute atomic E-state index is 12.6. The monoisotopic (exact) mass is 393 g/mol. The summed E-state index contributed by atoms with van der Waals surface area (Å²) in [6.07, 6.45) is 0.982. The fourth-order valence-corrected chi connectivity index (χ4v) is 5.62. The van der Waals surface area contributed by atoms with E-state index < -0.39 is 10.0 Å². The number of hydrogen-bond acceptors (Lipinski definition) is 5. The molecule has 1 aromatic carbocycles. The van der Waals surface area contributed by atoms with Crippen molar-refractivity contribution in [2.45, 2.75) is 30.8 Å². The van der Waals surface area contributed by atoms with E-state index in [0.717, 1.165) is 30.8 Å². The van der Waals surface area contributed by atoms with Gasteiger partial charge in [0.05, 0.1) is 9.77 Å². The third-order valence-corrected chi connectivity index (χ3v) is 7.08. The molecule has 1 unspecified atom stereocenters. The van der Waals surface area contributed by atoms with Crippen molar-refractivity contribution < 1.29 is 13.2 Å². The van der Waals surface area contributed by atoms with Crippen molar-refractivity contribution >= 4 is 27.3 Å². The maximum atomic E-state index is 12.6. The maximum Gasteiger partial charge on any atom is 0.261 e. The molecule has 6 nitrogen and oxygen atoms in total. The Balaban J connectivity index is 1.61. The van der Waals surface area contributed by atoms with Crippen LogP contribution in [0.5, 0.6) is 0 Å². The zero-order valence-corrected chi connectivity index (χ0v) is 16.5. The van der Waals surface area contributed by atoms with E-state index in [0.29, 0.717) is 11.4 Å². The van der Waals surface area contributed by atoms with Gasteiger partial charge < -0.3 is 5.32 Å². The number of carbonyl (C=O) groups excluding carboxylic acids is 1. The summed E-state index contributed by atoms with van der Waals surface area (Å²) in [5, 5.41) is 4.00. The van der Waals surface area contributed by atoms with Crippen LogP contribution in [0.15, 0.2) is 40.6 Å². The third kappa shape index (κ3) is 4.32. The summed E-state index contributed by atoms with van der Waals surface area (Å²) >= 11 is 1.12. The molecule has 3 rings (SSSR count). The number of nitrogens with zero attached hydrogens (tertiary/aromatic N) is 1. The van der Waals surface area contributed by atoms with E-state index in [4.69, 9.17) is 0 Å². The molecule has 1 aromatic heterocycles. The van der Waals surface area contributed by atoms with Gasteiger partial charge in [0.15, 0.2) is 0 Å². The highest BCUT2D eigenvalue weighted by atomic mass is 32.2. The van der Waals surface area contributed by atoms with Gasteiger partial charge in [-0.3, -0.25) is 9.69 Å². The lowest BCUT2D eigenvalue weighted by Crippen LogP contribution is -2.43. The lowest BCUT2D eigenvalue weighted by Gasteiger charge is -2.30. The molecular weight excluding hydrogens is 370 g/mol. The Morgan fingerprint density at radius 2 is 2.04 bits per heavy atom. The number of hydrogen-bond donors (Lipinski definition) is 2. The summed E-state index contributed by atoms with van der Waals surface area (Å²) in [5.74, 6) is -0.281. The minimum atomic E-state index is -3.64. The van der Waals surface area contributed by atoms with Crippen LogP contribution in [0.2, 0.25) is 0 Å². The van der Waals surface area contributed by atoms with Gasteiger partial charge in [-0.25, -0.2) is 13.1 Å². The van der Waals surface area contributed by atoms with Crippen molar-refractivity contribution in [2.24, 2.45) is 0 Å². The molecule has 2 N–H and O–H groups in total. The van der Waals surface area contributed by atoms with Crippen LogP contribution < -0.4 is 10.0 Å². The Morgan fingerprint density at radius 3 is 2.77 bits per heavy atom. The first-order valence-corrected chi connectivity index (χ1v) is 10.9. The van der Waals surface area contributed by atoms with E-state index in [1.165, 1.54) is 29.6 Å². The molecule has 0 saturated heterocycles. The number of amides is 1. The number of nitrogens with one attached hydrogen (secondary N) is 2. The first-order valence-electron chi connectivity index (χ1n) is 8.51. The number of sulfonamides is 1. The highest BCUT2D eigenvalue weighted by molar-refractivity contribution is 7.89. The van der Waals surface area contributed by atoms with Crippen molar-refractivity contribution in [2.75, 3.05) is 20.1 Å². The van der Waals surface area contributed by atoms with Gasteiger partial charge >= 0.3 is 0 Å². The van der Waals surface area contributed by atoms with E-state index in [2.05, 4.69) is 33.1 Å². The second kappa shape index (κ2) is 7.87.